The Morgan fingerprint density at radius 2 is 2.05 bits per heavy atom. The number of thiazole rings is 1. The van der Waals surface area contributed by atoms with Gasteiger partial charge < -0.3 is 14.7 Å². The minimum Gasteiger partial charge on any atom is -0.497 e. The predicted molar refractivity (Wildman–Crippen MR) is 84.1 cm³/mol. The van der Waals surface area contributed by atoms with Gasteiger partial charge in [-0.25, -0.2) is 9.78 Å². The molecule has 0 aliphatic carbocycles. The molecule has 2 rings (SSSR count). The second kappa shape index (κ2) is 6.58. The third kappa shape index (κ3) is 3.33. The Balaban J connectivity index is 2.31. The number of carbonyl (C=O) groups is 1. The quantitative estimate of drug-likeness (QED) is 0.884. The molecule has 0 atom stereocenters. The van der Waals surface area contributed by atoms with Gasteiger partial charge in [0.15, 0.2) is 5.13 Å². The topological polar surface area (TPSA) is 62.7 Å². The number of aromatic nitrogens is 1. The van der Waals surface area contributed by atoms with Gasteiger partial charge in [0.2, 0.25) is 0 Å². The van der Waals surface area contributed by atoms with Crippen molar-refractivity contribution >= 4 is 28.1 Å². The normalized spacial score (nSPS) is 10.4. The molecule has 1 aromatic heterocycles. The van der Waals surface area contributed by atoms with E-state index < -0.39 is 5.97 Å². The molecule has 1 heterocycles. The van der Waals surface area contributed by atoms with Crippen molar-refractivity contribution in [3.63, 3.8) is 0 Å². The zero-order chi connectivity index (χ0) is 15.4. The Morgan fingerprint density at radius 3 is 2.57 bits per heavy atom. The van der Waals surface area contributed by atoms with Gasteiger partial charge in [-0.1, -0.05) is 24.7 Å². The van der Waals surface area contributed by atoms with Gasteiger partial charge in [-0.3, -0.25) is 0 Å². The first-order valence-corrected chi connectivity index (χ1v) is 7.49. The lowest BCUT2D eigenvalue weighted by Gasteiger charge is -2.16. The number of methoxy groups -OCH3 is 1. The zero-order valence-electron chi connectivity index (χ0n) is 12.3. The van der Waals surface area contributed by atoms with Crippen LogP contribution in [0.1, 0.15) is 28.7 Å². The number of carboxylic acid groups (broad SMARTS) is 1. The summed E-state index contributed by atoms with van der Waals surface area (Å²) in [5.41, 5.74) is 1.59. The molecule has 0 saturated carbocycles. The van der Waals surface area contributed by atoms with Crippen molar-refractivity contribution in [2.45, 2.75) is 19.8 Å². The maximum Gasteiger partial charge on any atom is 0.347 e. The SMILES string of the molecule is CCCc1nc(N(C)c2ccc(OC)cc2)sc1C(=O)O. The Bertz CT molecular complexity index is 622. The predicted octanol–water partition coefficient (Wildman–Crippen LogP) is 3.57. The van der Waals surface area contributed by atoms with E-state index in [9.17, 15) is 9.90 Å². The summed E-state index contributed by atoms with van der Waals surface area (Å²) in [5.74, 6) is -0.130. The van der Waals surface area contributed by atoms with Crippen LogP contribution in [0.15, 0.2) is 24.3 Å². The summed E-state index contributed by atoms with van der Waals surface area (Å²) in [7, 11) is 3.50. The molecule has 0 amide bonds. The molecular formula is C15H18N2O3S. The molecule has 0 spiro atoms. The number of aryl methyl sites for hydroxylation is 1. The van der Waals surface area contributed by atoms with Gasteiger partial charge in [-0.05, 0) is 30.7 Å². The molecule has 0 unspecified atom stereocenters. The molecular weight excluding hydrogens is 288 g/mol. The molecule has 0 saturated heterocycles. The Morgan fingerprint density at radius 1 is 1.38 bits per heavy atom. The lowest BCUT2D eigenvalue weighted by molar-refractivity contribution is 0.0700. The van der Waals surface area contributed by atoms with Crippen molar-refractivity contribution in [3.8, 4) is 5.75 Å². The molecule has 0 bridgehead atoms. The molecule has 21 heavy (non-hydrogen) atoms. The number of carboxylic acids is 1. The first kappa shape index (κ1) is 15.3. The van der Waals surface area contributed by atoms with E-state index in [0.717, 1.165) is 17.9 Å². The van der Waals surface area contributed by atoms with Crippen LogP contribution in [0, 0.1) is 0 Å². The van der Waals surface area contributed by atoms with Crippen LogP contribution < -0.4 is 9.64 Å². The monoisotopic (exact) mass is 306 g/mol. The maximum absolute atomic E-state index is 11.3. The third-order valence-corrected chi connectivity index (χ3v) is 4.28. The van der Waals surface area contributed by atoms with Crippen molar-refractivity contribution in [3.05, 3.63) is 34.8 Å². The maximum atomic E-state index is 11.3. The summed E-state index contributed by atoms with van der Waals surface area (Å²) in [6, 6.07) is 7.56. The fourth-order valence-corrected chi connectivity index (χ4v) is 2.91. The van der Waals surface area contributed by atoms with Gasteiger partial charge in [-0.2, -0.15) is 0 Å². The molecule has 0 aliphatic heterocycles. The molecule has 0 radical (unpaired) electrons. The van der Waals surface area contributed by atoms with Gasteiger partial charge in [0, 0.05) is 12.7 Å². The van der Waals surface area contributed by atoms with Crippen LogP contribution in [0.4, 0.5) is 10.8 Å². The van der Waals surface area contributed by atoms with Crippen LogP contribution in [-0.4, -0.2) is 30.2 Å². The fraction of sp³-hybridized carbons (Fsp3) is 0.333. The summed E-state index contributed by atoms with van der Waals surface area (Å²) >= 11 is 1.20. The summed E-state index contributed by atoms with van der Waals surface area (Å²) in [6.45, 7) is 2.01. The Labute approximate surface area is 127 Å². The van der Waals surface area contributed by atoms with Crippen LogP contribution >= 0.6 is 11.3 Å². The van der Waals surface area contributed by atoms with Gasteiger partial charge in [0.05, 0.1) is 12.8 Å². The smallest absolute Gasteiger partial charge is 0.347 e. The largest absolute Gasteiger partial charge is 0.497 e. The molecule has 0 fully saturated rings. The van der Waals surface area contributed by atoms with Crippen LogP contribution in [0.3, 0.4) is 0 Å². The van der Waals surface area contributed by atoms with Crippen LogP contribution in [0.25, 0.3) is 0 Å². The minimum atomic E-state index is -0.912. The van der Waals surface area contributed by atoms with Crippen LogP contribution in [0.2, 0.25) is 0 Å². The lowest BCUT2D eigenvalue weighted by Crippen LogP contribution is -2.09. The molecule has 0 aliphatic rings. The number of benzene rings is 1. The zero-order valence-corrected chi connectivity index (χ0v) is 13.1. The highest BCUT2D eigenvalue weighted by molar-refractivity contribution is 7.17. The Hall–Kier alpha value is -2.08. The van der Waals surface area contributed by atoms with Gasteiger partial charge in [0.1, 0.15) is 10.6 Å². The van der Waals surface area contributed by atoms with Crippen LogP contribution in [-0.2, 0) is 6.42 Å². The standard InChI is InChI=1S/C15H18N2O3S/c1-4-5-12-13(14(18)19)21-15(16-12)17(2)10-6-8-11(20-3)9-7-10/h6-9H,4-5H2,1-3H3,(H,18,19). The van der Waals surface area contributed by atoms with E-state index in [4.69, 9.17) is 4.74 Å². The van der Waals surface area contributed by atoms with E-state index in [0.29, 0.717) is 22.1 Å². The first-order chi connectivity index (χ1) is 10.1. The summed E-state index contributed by atoms with van der Waals surface area (Å²) < 4.78 is 5.13. The molecule has 112 valence electrons. The van der Waals surface area contributed by atoms with Crippen molar-refractivity contribution in [2.75, 3.05) is 19.1 Å². The molecule has 6 heteroatoms. The van der Waals surface area contributed by atoms with E-state index in [2.05, 4.69) is 4.98 Å². The number of hydrogen-bond acceptors (Lipinski definition) is 5. The van der Waals surface area contributed by atoms with E-state index in [1.54, 1.807) is 7.11 Å². The van der Waals surface area contributed by atoms with Crippen molar-refractivity contribution in [2.24, 2.45) is 0 Å². The molecule has 2 aromatic rings. The lowest BCUT2D eigenvalue weighted by atomic mass is 10.2. The Kier molecular flexibility index (Phi) is 4.80. The fourth-order valence-electron chi connectivity index (χ4n) is 1.97. The molecule has 1 N–H and O–H groups in total. The second-order valence-corrected chi connectivity index (χ2v) is 5.56. The number of aromatic carboxylic acids is 1. The van der Waals surface area contributed by atoms with Crippen molar-refractivity contribution in [1.82, 2.24) is 4.98 Å². The average molecular weight is 306 g/mol. The highest BCUT2D eigenvalue weighted by atomic mass is 32.1. The van der Waals surface area contributed by atoms with E-state index in [-0.39, 0.29) is 0 Å². The first-order valence-electron chi connectivity index (χ1n) is 6.67. The van der Waals surface area contributed by atoms with Gasteiger partial charge in [0.25, 0.3) is 0 Å². The van der Waals surface area contributed by atoms with Crippen molar-refractivity contribution in [1.29, 1.82) is 0 Å². The summed E-state index contributed by atoms with van der Waals surface area (Å²) in [4.78, 5) is 18.0. The average Bonchev–Trinajstić information content (AvgIpc) is 2.91. The number of rotatable bonds is 6. The highest BCUT2D eigenvalue weighted by Gasteiger charge is 2.19. The minimum absolute atomic E-state index is 0.326. The van der Waals surface area contributed by atoms with Gasteiger partial charge in [-0.15, -0.1) is 0 Å². The number of anilines is 2. The number of nitrogens with zero attached hydrogens (tertiary/aromatic N) is 2. The molecule has 1 aromatic carbocycles. The van der Waals surface area contributed by atoms with E-state index >= 15 is 0 Å². The number of hydrogen-bond donors (Lipinski definition) is 1. The summed E-state index contributed by atoms with van der Waals surface area (Å²) in [6.07, 6.45) is 1.55. The van der Waals surface area contributed by atoms with Crippen molar-refractivity contribution < 1.29 is 14.6 Å². The molecule has 5 nitrogen and oxygen atoms in total. The highest BCUT2D eigenvalue weighted by Crippen LogP contribution is 2.31. The summed E-state index contributed by atoms with van der Waals surface area (Å²) in [5, 5.41) is 9.94. The third-order valence-electron chi connectivity index (χ3n) is 3.11. The van der Waals surface area contributed by atoms with Crippen LogP contribution in [0.5, 0.6) is 5.75 Å². The second-order valence-electron chi connectivity index (χ2n) is 4.58. The number of ether oxygens (including phenoxy) is 1. The van der Waals surface area contributed by atoms with E-state index in [1.165, 1.54) is 11.3 Å². The van der Waals surface area contributed by atoms with Gasteiger partial charge >= 0.3 is 5.97 Å². The van der Waals surface area contributed by atoms with E-state index in [1.807, 2.05) is 43.1 Å².